The number of hydrogen-bond acceptors (Lipinski definition) is 6. The monoisotopic (exact) mass is 434 g/mol. The number of halogens is 3. The highest BCUT2D eigenvalue weighted by Gasteiger charge is 2.48. The Morgan fingerprint density at radius 2 is 1.97 bits per heavy atom. The minimum atomic E-state index is -4.82. The Kier molecular flexibility index (Phi) is 5.93. The Morgan fingerprint density at radius 3 is 2.55 bits per heavy atom. The van der Waals surface area contributed by atoms with Crippen LogP contribution in [0.15, 0.2) is 30.3 Å². The number of aryl methyl sites for hydroxylation is 2. The molecule has 10 heteroatoms. The van der Waals surface area contributed by atoms with Crippen LogP contribution in [0.25, 0.3) is 0 Å². The molecular weight excluding hydrogens is 413 g/mol. The number of aliphatic hydroxyl groups is 2. The number of nitriles is 1. The van der Waals surface area contributed by atoms with Crippen LogP contribution in [-0.4, -0.2) is 52.9 Å². The molecule has 2 aromatic rings. The van der Waals surface area contributed by atoms with Crippen molar-refractivity contribution < 1.29 is 28.2 Å². The smallest absolute Gasteiger partial charge is 0.388 e. The predicted molar refractivity (Wildman–Crippen MR) is 106 cm³/mol. The number of β-amino-alcohol motifs (C(OH)–C–C–N with tert-alkyl or cyclic N) is 1. The van der Waals surface area contributed by atoms with Crippen LogP contribution in [-0.2, 0) is 11.0 Å². The van der Waals surface area contributed by atoms with Gasteiger partial charge in [-0.15, -0.1) is 0 Å². The van der Waals surface area contributed by atoms with E-state index in [0.717, 1.165) is 16.5 Å². The van der Waals surface area contributed by atoms with Gasteiger partial charge in [0, 0.05) is 25.0 Å². The van der Waals surface area contributed by atoms with Gasteiger partial charge in [0.25, 0.3) is 5.91 Å². The van der Waals surface area contributed by atoms with Crippen molar-refractivity contribution in [2.24, 2.45) is 0 Å². The van der Waals surface area contributed by atoms with Gasteiger partial charge in [-0.1, -0.05) is 12.1 Å². The zero-order valence-electron chi connectivity index (χ0n) is 17.1. The van der Waals surface area contributed by atoms with Crippen molar-refractivity contribution in [3.05, 3.63) is 52.7 Å². The van der Waals surface area contributed by atoms with Gasteiger partial charge in [0.2, 0.25) is 0 Å². The molecule has 31 heavy (non-hydrogen) atoms. The molecule has 1 saturated heterocycles. The summed E-state index contributed by atoms with van der Waals surface area (Å²) < 4.78 is 40.5. The summed E-state index contributed by atoms with van der Waals surface area (Å²) in [6.45, 7) is 2.80. The molecule has 0 radical (unpaired) electrons. The second-order valence-corrected chi connectivity index (χ2v) is 7.51. The van der Waals surface area contributed by atoms with E-state index in [1.165, 1.54) is 24.9 Å². The van der Waals surface area contributed by atoms with E-state index in [1.807, 2.05) is 13.0 Å². The largest absolute Gasteiger partial charge is 0.417 e. The molecule has 0 unspecified atom stereocenters. The molecule has 1 aliphatic heterocycles. The molecule has 2 heterocycles. The number of benzene rings is 1. The number of carbonyl (C=O) groups is 1. The molecule has 0 saturated carbocycles. The second-order valence-electron chi connectivity index (χ2n) is 7.51. The van der Waals surface area contributed by atoms with Crippen molar-refractivity contribution in [3.8, 4) is 6.07 Å². The predicted octanol–water partition coefficient (Wildman–Crippen LogP) is 2.16. The molecule has 1 aliphatic rings. The first-order valence-corrected chi connectivity index (χ1v) is 9.41. The Bertz CT molecular complexity index is 1050. The van der Waals surface area contributed by atoms with E-state index in [0.29, 0.717) is 5.69 Å². The van der Waals surface area contributed by atoms with E-state index in [4.69, 9.17) is 0 Å². The third kappa shape index (κ3) is 4.19. The van der Waals surface area contributed by atoms with E-state index in [9.17, 15) is 33.4 Å². The van der Waals surface area contributed by atoms with Crippen molar-refractivity contribution >= 4 is 17.4 Å². The molecule has 1 fully saturated rings. The lowest BCUT2D eigenvalue weighted by Gasteiger charge is -2.31. The minimum Gasteiger partial charge on any atom is -0.388 e. The summed E-state index contributed by atoms with van der Waals surface area (Å²) in [5.74, 6) is -1.06. The number of anilines is 2. The van der Waals surface area contributed by atoms with Crippen molar-refractivity contribution in [1.82, 2.24) is 4.98 Å². The molecule has 1 amide bonds. The van der Waals surface area contributed by atoms with E-state index in [1.54, 1.807) is 18.2 Å². The molecule has 3 rings (SSSR count). The Balaban J connectivity index is 2.10. The summed E-state index contributed by atoms with van der Waals surface area (Å²) in [6.07, 6.45) is -7.81. The van der Waals surface area contributed by atoms with Crippen molar-refractivity contribution in [3.63, 3.8) is 0 Å². The highest BCUT2D eigenvalue weighted by Crippen LogP contribution is 2.38. The molecule has 1 aromatic carbocycles. The van der Waals surface area contributed by atoms with E-state index in [-0.39, 0.29) is 12.2 Å². The van der Waals surface area contributed by atoms with Crippen molar-refractivity contribution in [1.29, 1.82) is 5.26 Å². The Labute approximate surface area is 177 Å². The number of pyridine rings is 1. The molecule has 0 aliphatic carbocycles. The van der Waals surface area contributed by atoms with Crippen LogP contribution in [0.5, 0.6) is 0 Å². The van der Waals surface area contributed by atoms with Gasteiger partial charge in [-0.25, -0.2) is 4.98 Å². The van der Waals surface area contributed by atoms with Crippen molar-refractivity contribution in [2.45, 2.75) is 38.3 Å². The Morgan fingerprint density at radius 1 is 1.29 bits per heavy atom. The summed E-state index contributed by atoms with van der Waals surface area (Å²) in [5.41, 5.74) is -0.590. The van der Waals surface area contributed by atoms with Crippen LogP contribution in [0.3, 0.4) is 0 Å². The van der Waals surface area contributed by atoms with Gasteiger partial charge in [0.15, 0.2) is 0 Å². The highest BCUT2D eigenvalue weighted by atomic mass is 19.4. The zero-order chi connectivity index (χ0) is 23.1. The standard InChI is InChI=1S/C21H21F3N4O3/c1-11-5-4-6-13(7-11)27(3)20(31)17-18(30)16(29)10-28(17)19-14(9-25)15(21(22,23)24)8-12(2)26-19/h4-8,16-18,29-30H,10H2,1-3H3/t16-,17-,18-/m0/s1. The number of aromatic nitrogens is 1. The van der Waals surface area contributed by atoms with Gasteiger partial charge < -0.3 is 20.0 Å². The van der Waals surface area contributed by atoms with Crippen LogP contribution < -0.4 is 9.80 Å². The van der Waals surface area contributed by atoms with Gasteiger partial charge >= 0.3 is 6.18 Å². The first kappa shape index (κ1) is 22.5. The van der Waals surface area contributed by atoms with E-state index in [2.05, 4.69) is 4.98 Å². The molecule has 7 nitrogen and oxygen atoms in total. The lowest BCUT2D eigenvalue weighted by Crippen LogP contribution is -2.50. The first-order valence-electron chi connectivity index (χ1n) is 9.41. The zero-order valence-corrected chi connectivity index (χ0v) is 17.1. The fourth-order valence-electron chi connectivity index (χ4n) is 3.68. The maximum atomic E-state index is 13.5. The maximum Gasteiger partial charge on any atom is 0.417 e. The van der Waals surface area contributed by atoms with Gasteiger partial charge in [-0.2, -0.15) is 18.4 Å². The number of rotatable bonds is 3. The van der Waals surface area contributed by atoms with Gasteiger partial charge in [-0.05, 0) is 37.6 Å². The van der Waals surface area contributed by atoms with Crippen LogP contribution in [0.1, 0.15) is 22.4 Å². The van der Waals surface area contributed by atoms with Crippen molar-refractivity contribution in [2.75, 3.05) is 23.4 Å². The van der Waals surface area contributed by atoms with Gasteiger partial charge in [-0.3, -0.25) is 4.79 Å². The fourth-order valence-corrected chi connectivity index (χ4v) is 3.68. The fraction of sp³-hybridized carbons (Fsp3) is 0.381. The average Bonchev–Trinajstić information content (AvgIpc) is 3.00. The highest BCUT2D eigenvalue weighted by molar-refractivity contribution is 5.99. The SMILES string of the molecule is Cc1cccc(N(C)C(=O)[C@@H]2[C@@H](O)[C@@H](O)CN2c2nc(C)cc(C(F)(F)F)c2C#N)c1. The third-order valence-corrected chi connectivity index (χ3v) is 5.23. The maximum absolute atomic E-state index is 13.5. The van der Waals surface area contributed by atoms with E-state index >= 15 is 0 Å². The number of aliphatic hydroxyl groups excluding tert-OH is 2. The minimum absolute atomic E-state index is 0.0181. The number of likely N-dealkylation sites (N-methyl/N-ethyl adjacent to an activating group) is 1. The number of nitrogens with zero attached hydrogens (tertiary/aromatic N) is 4. The van der Waals surface area contributed by atoms with Crippen LogP contribution >= 0.6 is 0 Å². The number of alkyl halides is 3. The molecule has 1 aromatic heterocycles. The van der Waals surface area contributed by atoms with Crippen LogP contribution in [0.4, 0.5) is 24.7 Å². The van der Waals surface area contributed by atoms with E-state index < -0.39 is 47.3 Å². The normalized spacial score (nSPS) is 21.1. The molecule has 164 valence electrons. The summed E-state index contributed by atoms with van der Waals surface area (Å²) in [5, 5.41) is 30.2. The molecule has 2 N–H and O–H groups in total. The summed E-state index contributed by atoms with van der Waals surface area (Å²) >= 11 is 0. The number of amides is 1. The number of carbonyl (C=O) groups excluding carboxylic acids is 1. The summed E-state index contributed by atoms with van der Waals surface area (Å²) in [7, 11) is 1.46. The first-order chi connectivity index (χ1) is 14.5. The lowest BCUT2D eigenvalue weighted by molar-refractivity contribution is -0.137. The second kappa shape index (κ2) is 8.17. The van der Waals surface area contributed by atoms with Gasteiger partial charge in [0.1, 0.15) is 29.6 Å². The third-order valence-electron chi connectivity index (χ3n) is 5.23. The quantitative estimate of drug-likeness (QED) is 0.768. The molecule has 0 spiro atoms. The van der Waals surface area contributed by atoms with Crippen LogP contribution in [0, 0.1) is 25.2 Å². The average molecular weight is 434 g/mol. The summed E-state index contributed by atoms with van der Waals surface area (Å²) in [4.78, 5) is 19.6. The topological polar surface area (TPSA) is 101 Å². The Hall–Kier alpha value is -3.16. The lowest BCUT2D eigenvalue weighted by atomic mass is 10.1. The molecular formula is C21H21F3N4O3. The molecule has 3 atom stereocenters. The number of hydrogen-bond donors (Lipinski definition) is 2. The van der Waals surface area contributed by atoms with Gasteiger partial charge in [0.05, 0.1) is 11.7 Å². The summed E-state index contributed by atoms with van der Waals surface area (Å²) in [6, 6.07) is 7.80. The van der Waals surface area contributed by atoms with Crippen LogP contribution in [0.2, 0.25) is 0 Å². The molecule has 0 bridgehead atoms.